The summed E-state index contributed by atoms with van der Waals surface area (Å²) in [7, 11) is 0. The van der Waals surface area contributed by atoms with Crippen LogP contribution < -0.4 is 10.6 Å². The minimum absolute atomic E-state index is 0.436. The van der Waals surface area contributed by atoms with Crippen LogP contribution in [0.3, 0.4) is 0 Å². The molecule has 24 heavy (non-hydrogen) atoms. The Morgan fingerprint density at radius 3 is 2.71 bits per heavy atom. The van der Waals surface area contributed by atoms with Crippen LogP contribution in [0, 0.1) is 11.6 Å². The van der Waals surface area contributed by atoms with Crippen molar-refractivity contribution in [3.05, 3.63) is 29.8 Å². The molecule has 0 aliphatic heterocycles. The zero-order valence-corrected chi connectivity index (χ0v) is 14.9. The number of nitrogens with one attached hydrogen (secondary N) is 2. The highest BCUT2D eigenvalue weighted by Gasteiger charge is 2.20. The minimum atomic E-state index is -0.807. The van der Waals surface area contributed by atoms with Gasteiger partial charge >= 0.3 is 0 Å². The van der Waals surface area contributed by atoms with E-state index in [1.54, 1.807) is 6.92 Å². The molecule has 1 heterocycles. The Hall–Kier alpha value is -1.74. The van der Waals surface area contributed by atoms with E-state index in [0.29, 0.717) is 9.47 Å². The van der Waals surface area contributed by atoms with Crippen LogP contribution in [0.1, 0.15) is 26.7 Å². The number of aromatic nitrogens is 2. The standard InChI is InChI=1S/C15H18F2N4OS2/c1-3-4-8-18-14-20-21-15(24-14)23-9(2)13(22)19-12-10(16)6-5-7-11(12)17/h5-7,9H,3-4,8H2,1-2H3,(H,18,20)(H,19,22). The smallest absolute Gasteiger partial charge is 0.237 e. The molecule has 1 aromatic carbocycles. The summed E-state index contributed by atoms with van der Waals surface area (Å²) in [4.78, 5) is 12.1. The van der Waals surface area contributed by atoms with Crippen molar-refractivity contribution in [2.45, 2.75) is 36.3 Å². The van der Waals surface area contributed by atoms with Crippen molar-refractivity contribution >= 4 is 39.8 Å². The lowest BCUT2D eigenvalue weighted by Crippen LogP contribution is -2.23. The first-order chi connectivity index (χ1) is 11.5. The average Bonchev–Trinajstić information content (AvgIpc) is 2.98. The molecule has 2 N–H and O–H groups in total. The molecule has 2 rings (SSSR count). The molecule has 2 aromatic rings. The Bertz CT molecular complexity index is 676. The molecule has 0 saturated heterocycles. The van der Waals surface area contributed by atoms with Gasteiger partial charge in [0.1, 0.15) is 17.3 Å². The molecule has 0 aliphatic rings. The van der Waals surface area contributed by atoms with E-state index in [2.05, 4.69) is 27.8 Å². The Kier molecular flexibility index (Phi) is 6.92. The molecule has 1 aromatic heterocycles. The van der Waals surface area contributed by atoms with E-state index in [0.717, 1.165) is 31.5 Å². The third kappa shape index (κ3) is 5.13. The molecular weight excluding hydrogens is 354 g/mol. The van der Waals surface area contributed by atoms with Crippen LogP contribution in [0.25, 0.3) is 0 Å². The summed E-state index contributed by atoms with van der Waals surface area (Å²) in [5.74, 6) is -2.11. The molecule has 5 nitrogen and oxygen atoms in total. The summed E-state index contributed by atoms with van der Waals surface area (Å²) in [5.41, 5.74) is -0.436. The van der Waals surface area contributed by atoms with Crippen LogP contribution >= 0.6 is 23.1 Å². The fraction of sp³-hybridized carbons (Fsp3) is 0.400. The molecule has 0 radical (unpaired) electrons. The zero-order chi connectivity index (χ0) is 17.5. The molecule has 9 heteroatoms. The Balaban J connectivity index is 1.92. The van der Waals surface area contributed by atoms with Crippen molar-refractivity contribution < 1.29 is 13.6 Å². The number of halogens is 2. The summed E-state index contributed by atoms with van der Waals surface area (Å²) >= 11 is 2.53. The van der Waals surface area contributed by atoms with E-state index in [1.807, 2.05) is 0 Å². The maximum absolute atomic E-state index is 13.6. The van der Waals surface area contributed by atoms with Crippen molar-refractivity contribution in [1.82, 2.24) is 10.2 Å². The predicted molar refractivity (Wildman–Crippen MR) is 93.6 cm³/mol. The minimum Gasteiger partial charge on any atom is -0.360 e. The summed E-state index contributed by atoms with van der Waals surface area (Å²) in [6.45, 7) is 4.56. The maximum Gasteiger partial charge on any atom is 0.237 e. The third-order valence-electron chi connectivity index (χ3n) is 3.07. The largest absolute Gasteiger partial charge is 0.360 e. The number of carbonyl (C=O) groups excluding carboxylic acids is 1. The number of hydrogen-bond donors (Lipinski definition) is 2. The fourth-order valence-corrected chi connectivity index (χ4v) is 3.67. The second kappa shape index (κ2) is 8.93. The number of anilines is 2. The Morgan fingerprint density at radius 1 is 1.33 bits per heavy atom. The van der Waals surface area contributed by atoms with Crippen molar-refractivity contribution in [2.24, 2.45) is 0 Å². The lowest BCUT2D eigenvalue weighted by molar-refractivity contribution is -0.115. The van der Waals surface area contributed by atoms with Gasteiger partial charge in [0, 0.05) is 6.54 Å². The maximum atomic E-state index is 13.6. The van der Waals surface area contributed by atoms with Gasteiger partial charge in [0.25, 0.3) is 0 Å². The zero-order valence-electron chi connectivity index (χ0n) is 13.3. The average molecular weight is 372 g/mol. The lowest BCUT2D eigenvalue weighted by Gasteiger charge is -2.11. The molecule has 1 unspecified atom stereocenters. The van der Waals surface area contributed by atoms with Gasteiger partial charge < -0.3 is 10.6 Å². The van der Waals surface area contributed by atoms with E-state index in [-0.39, 0.29) is 0 Å². The monoisotopic (exact) mass is 372 g/mol. The van der Waals surface area contributed by atoms with Gasteiger partial charge in [0.2, 0.25) is 11.0 Å². The van der Waals surface area contributed by atoms with E-state index >= 15 is 0 Å². The molecular formula is C15H18F2N4OS2. The van der Waals surface area contributed by atoms with Crippen molar-refractivity contribution in [3.63, 3.8) is 0 Å². The first-order valence-corrected chi connectivity index (χ1v) is 9.19. The summed E-state index contributed by atoms with van der Waals surface area (Å²) < 4.78 is 27.7. The topological polar surface area (TPSA) is 66.9 Å². The highest BCUT2D eigenvalue weighted by atomic mass is 32.2. The highest BCUT2D eigenvalue weighted by Crippen LogP contribution is 2.30. The summed E-state index contributed by atoms with van der Waals surface area (Å²) in [6, 6.07) is 3.43. The number of rotatable bonds is 8. The normalized spacial score (nSPS) is 12.0. The molecule has 130 valence electrons. The summed E-state index contributed by atoms with van der Waals surface area (Å²) in [5, 5.41) is 13.6. The summed E-state index contributed by atoms with van der Waals surface area (Å²) in [6.07, 6.45) is 2.12. The third-order valence-corrected chi connectivity index (χ3v) is 5.14. The van der Waals surface area contributed by atoms with Gasteiger partial charge in [-0.25, -0.2) is 8.78 Å². The van der Waals surface area contributed by atoms with Gasteiger partial charge in [-0.05, 0) is 25.5 Å². The van der Waals surface area contributed by atoms with E-state index in [9.17, 15) is 13.6 Å². The molecule has 0 aliphatic carbocycles. The number of nitrogens with zero attached hydrogens (tertiary/aromatic N) is 2. The first kappa shape index (κ1) is 18.6. The number of unbranched alkanes of at least 4 members (excludes halogenated alkanes) is 1. The number of carbonyl (C=O) groups is 1. The molecule has 0 bridgehead atoms. The van der Waals surface area contributed by atoms with Crippen molar-refractivity contribution in [1.29, 1.82) is 0 Å². The van der Waals surface area contributed by atoms with Gasteiger partial charge in [-0.15, -0.1) is 10.2 Å². The SMILES string of the molecule is CCCCNc1nnc(SC(C)C(=O)Nc2c(F)cccc2F)s1. The number of thioether (sulfide) groups is 1. The first-order valence-electron chi connectivity index (χ1n) is 7.50. The number of para-hydroxylation sites is 1. The van der Waals surface area contributed by atoms with Gasteiger partial charge in [-0.3, -0.25) is 4.79 Å². The van der Waals surface area contributed by atoms with E-state index < -0.39 is 28.5 Å². The van der Waals surface area contributed by atoms with Gasteiger partial charge in [0.15, 0.2) is 4.34 Å². The highest BCUT2D eigenvalue weighted by molar-refractivity contribution is 8.02. The predicted octanol–water partition coefficient (Wildman–Crippen LogP) is 4.15. The van der Waals surface area contributed by atoms with E-state index in [1.165, 1.54) is 29.2 Å². The second-order valence-electron chi connectivity index (χ2n) is 5.00. The van der Waals surface area contributed by atoms with Crippen LogP contribution in [0.2, 0.25) is 0 Å². The Labute approximate surface area is 147 Å². The quantitative estimate of drug-likeness (QED) is 0.538. The molecule has 0 fully saturated rings. The van der Waals surface area contributed by atoms with E-state index in [4.69, 9.17) is 0 Å². The number of amides is 1. The number of hydrogen-bond acceptors (Lipinski definition) is 6. The van der Waals surface area contributed by atoms with Crippen molar-refractivity contribution in [2.75, 3.05) is 17.2 Å². The molecule has 0 spiro atoms. The number of benzene rings is 1. The second-order valence-corrected chi connectivity index (χ2v) is 7.56. The van der Waals surface area contributed by atoms with Crippen molar-refractivity contribution in [3.8, 4) is 0 Å². The fourth-order valence-electron chi connectivity index (χ4n) is 1.75. The van der Waals surface area contributed by atoms with Gasteiger partial charge in [-0.2, -0.15) is 0 Å². The van der Waals surface area contributed by atoms with Gasteiger partial charge in [-0.1, -0.05) is 42.5 Å². The van der Waals surface area contributed by atoms with Crippen LogP contribution in [-0.2, 0) is 4.79 Å². The Morgan fingerprint density at radius 2 is 2.04 bits per heavy atom. The van der Waals surface area contributed by atoms with Crippen LogP contribution in [0.15, 0.2) is 22.5 Å². The van der Waals surface area contributed by atoms with Crippen LogP contribution in [0.5, 0.6) is 0 Å². The lowest BCUT2D eigenvalue weighted by atomic mass is 10.3. The van der Waals surface area contributed by atoms with Crippen LogP contribution in [-0.4, -0.2) is 27.9 Å². The molecule has 1 atom stereocenters. The molecule has 1 amide bonds. The van der Waals surface area contributed by atoms with Crippen LogP contribution in [0.4, 0.5) is 19.6 Å². The molecule has 0 saturated carbocycles. The van der Waals surface area contributed by atoms with Gasteiger partial charge in [0.05, 0.1) is 5.25 Å².